The number of amides is 3. The van der Waals surface area contributed by atoms with E-state index >= 15 is 0 Å². The van der Waals surface area contributed by atoms with E-state index in [1.807, 2.05) is 0 Å². The lowest BCUT2D eigenvalue weighted by molar-refractivity contribution is -0.141. The Morgan fingerprint density at radius 1 is 1.30 bits per heavy atom. The van der Waals surface area contributed by atoms with Gasteiger partial charge in [0.05, 0.1) is 12.5 Å². The monoisotopic (exact) mass is 437 g/mol. The fourth-order valence-corrected chi connectivity index (χ4v) is 3.50. The summed E-state index contributed by atoms with van der Waals surface area (Å²) in [6, 6.07) is 1.97. The number of aliphatic carboxylic acids is 1. The standard InChI is InChI=1S/C20H24ClN3O6/c1-11-5-6-13(21)8-15(11)18(28)22-12(2)20(30)24-7-3-4-16(24)19(29)23-14(10-25)9-17(26)27/h5-6,8,10,12,14,16H,3-4,7,9H2,1-2H3,(H,22,28)(H,23,29)(H,26,27)/t12-,14-,16-/m0/s1. The maximum absolute atomic E-state index is 12.9. The number of aryl methyl sites for hydroxylation is 1. The number of aldehydes is 1. The van der Waals surface area contributed by atoms with Crippen molar-refractivity contribution in [1.82, 2.24) is 15.5 Å². The van der Waals surface area contributed by atoms with Gasteiger partial charge in [-0.3, -0.25) is 19.2 Å². The van der Waals surface area contributed by atoms with Gasteiger partial charge < -0.3 is 25.4 Å². The lowest BCUT2D eigenvalue weighted by atomic mass is 10.1. The number of rotatable bonds is 8. The smallest absolute Gasteiger partial charge is 0.305 e. The zero-order valence-electron chi connectivity index (χ0n) is 16.7. The lowest BCUT2D eigenvalue weighted by Gasteiger charge is -2.28. The van der Waals surface area contributed by atoms with E-state index in [1.54, 1.807) is 19.1 Å². The molecule has 1 saturated heterocycles. The summed E-state index contributed by atoms with van der Waals surface area (Å²) in [4.78, 5) is 61.0. The summed E-state index contributed by atoms with van der Waals surface area (Å²) in [6.45, 7) is 3.59. The summed E-state index contributed by atoms with van der Waals surface area (Å²) in [5.74, 6) is -2.72. The van der Waals surface area contributed by atoms with Crippen LogP contribution >= 0.6 is 11.6 Å². The summed E-state index contributed by atoms with van der Waals surface area (Å²) in [5.41, 5.74) is 1.05. The average Bonchev–Trinajstić information content (AvgIpc) is 3.18. The van der Waals surface area contributed by atoms with E-state index in [1.165, 1.54) is 17.9 Å². The number of benzene rings is 1. The van der Waals surface area contributed by atoms with Crippen molar-refractivity contribution in [3.8, 4) is 0 Å². The van der Waals surface area contributed by atoms with E-state index in [0.29, 0.717) is 41.8 Å². The van der Waals surface area contributed by atoms with E-state index < -0.39 is 48.2 Å². The van der Waals surface area contributed by atoms with Crippen LogP contribution < -0.4 is 10.6 Å². The first-order valence-electron chi connectivity index (χ1n) is 9.49. The van der Waals surface area contributed by atoms with E-state index in [2.05, 4.69) is 10.6 Å². The minimum absolute atomic E-state index is 0.317. The van der Waals surface area contributed by atoms with Gasteiger partial charge in [-0.2, -0.15) is 0 Å². The zero-order valence-corrected chi connectivity index (χ0v) is 17.4. The second-order valence-electron chi connectivity index (χ2n) is 7.19. The Balaban J connectivity index is 2.04. The molecule has 3 amide bonds. The van der Waals surface area contributed by atoms with E-state index in [0.717, 1.165) is 0 Å². The van der Waals surface area contributed by atoms with Gasteiger partial charge in [0.1, 0.15) is 18.4 Å². The minimum atomic E-state index is -1.22. The quantitative estimate of drug-likeness (QED) is 0.518. The summed E-state index contributed by atoms with van der Waals surface area (Å²) in [7, 11) is 0. The number of carbonyl (C=O) groups excluding carboxylic acids is 4. The summed E-state index contributed by atoms with van der Waals surface area (Å²) >= 11 is 5.94. The second kappa shape index (κ2) is 10.2. The topological polar surface area (TPSA) is 133 Å². The van der Waals surface area contributed by atoms with Crippen LogP contribution in [0.1, 0.15) is 42.1 Å². The number of hydrogen-bond acceptors (Lipinski definition) is 5. The van der Waals surface area contributed by atoms with Crippen molar-refractivity contribution in [2.24, 2.45) is 0 Å². The summed E-state index contributed by atoms with van der Waals surface area (Å²) < 4.78 is 0. The molecule has 162 valence electrons. The molecule has 1 fully saturated rings. The van der Waals surface area contributed by atoms with Crippen LogP contribution in [0.4, 0.5) is 0 Å². The zero-order chi connectivity index (χ0) is 22.4. The number of carboxylic acid groups (broad SMARTS) is 1. The Labute approximate surface area is 178 Å². The van der Waals surface area contributed by atoms with E-state index in [9.17, 15) is 24.0 Å². The van der Waals surface area contributed by atoms with Gasteiger partial charge in [-0.1, -0.05) is 17.7 Å². The third-order valence-corrected chi connectivity index (χ3v) is 5.12. The van der Waals surface area contributed by atoms with Crippen LogP contribution in [0.3, 0.4) is 0 Å². The average molecular weight is 438 g/mol. The van der Waals surface area contributed by atoms with Crippen LogP contribution in [-0.2, 0) is 19.2 Å². The molecule has 0 aromatic heterocycles. The largest absolute Gasteiger partial charge is 0.481 e. The Bertz CT molecular complexity index is 859. The molecular weight excluding hydrogens is 414 g/mol. The fraction of sp³-hybridized carbons (Fsp3) is 0.450. The number of nitrogens with one attached hydrogen (secondary N) is 2. The molecule has 0 aliphatic carbocycles. The number of likely N-dealkylation sites (tertiary alicyclic amines) is 1. The third-order valence-electron chi connectivity index (χ3n) is 4.89. The van der Waals surface area contributed by atoms with Crippen LogP contribution in [0, 0.1) is 6.92 Å². The van der Waals surface area contributed by atoms with Crippen molar-refractivity contribution in [2.45, 2.75) is 51.2 Å². The molecule has 10 heteroatoms. The van der Waals surface area contributed by atoms with Gasteiger partial charge in [0, 0.05) is 17.1 Å². The number of carboxylic acids is 1. The van der Waals surface area contributed by atoms with Gasteiger partial charge in [-0.05, 0) is 44.4 Å². The molecule has 1 aromatic carbocycles. The molecule has 1 aliphatic heterocycles. The molecule has 9 nitrogen and oxygen atoms in total. The molecule has 0 radical (unpaired) electrons. The number of nitrogens with zero attached hydrogens (tertiary/aromatic N) is 1. The molecular formula is C20H24ClN3O6. The maximum Gasteiger partial charge on any atom is 0.305 e. The van der Waals surface area contributed by atoms with Crippen LogP contribution in [0.25, 0.3) is 0 Å². The second-order valence-corrected chi connectivity index (χ2v) is 7.63. The van der Waals surface area contributed by atoms with Crippen molar-refractivity contribution in [1.29, 1.82) is 0 Å². The fourth-order valence-electron chi connectivity index (χ4n) is 3.33. The molecule has 0 saturated carbocycles. The summed E-state index contributed by atoms with van der Waals surface area (Å²) in [6.07, 6.45) is 0.761. The maximum atomic E-state index is 12.9. The van der Waals surface area contributed by atoms with Crippen molar-refractivity contribution in [3.63, 3.8) is 0 Å². The van der Waals surface area contributed by atoms with Gasteiger partial charge in [0.2, 0.25) is 11.8 Å². The highest BCUT2D eigenvalue weighted by atomic mass is 35.5. The van der Waals surface area contributed by atoms with Gasteiger partial charge >= 0.3 is 5.97 Å². The van der Waals surface area contributed by atoms with Crippen molar-refractivity contribution in [3.05, 3.63) is 34.3 Å². The van der Waals surface area contributed by atoms with Gasteiger partial charge in [0.25, 0.3) is 5.91 Å². The highest BCUT2D eigenvalue weighted by Gasteiger charge is 2.37. The van der Waals surface area contributed by atoms with Gasteiger partial charge in [-0.15, -0.1) is 0 Å². The Morgan fingerprint density at radius 3 is 2.63 bits per heavy atom. The van der Waals surface area contributed by atoms with Crippen LogP contribution in [-0.4, -0.2) is 64.7 Å². The molecule has 3 atom stereocenters. The Morgan fingerprint density at radius 2 is 2.00 bits per heavy atom. The van der Waals surface area contributed by atoms with Crippen molar-refractivity contribution in [2.75, 3.05) is 6.54 Å². The molecule has 3 N–H and O–H groups in total. The molecule has 0 spiro atoms. The highest BCUT2D eigenvalue weighted by molar-refractivity contribution is 6.31. The van der Waals surface area contributed by atoms with Crippen molar-refractivity contribution >= 4 is 41.6 Å². The Hall–Kier alpha value is -2.94. The highest BCUT2D eigenvalue weighted by Crippen LogP contribution is 2.20. The van der Waals surface area contributed by atoms with E-state index in [-0.39, 0.29) is 0 Å². The van der Waals surface area contributed by atoms with Crippen molar-refractivity contribution < 1.29 is 29.1 Å². The molecule has 1 heterocycles. The first kappa shape index (κ1) is 23.3. The predicted octanol–water partition coefficient (Wildman–Crippen LogP) is 0.916. The van der Waals surface area contributed by atoms with E-state index in [4.69, 9.17) is 16.7 Å². The number of carbonyl (C=O) groups is 5. The van der Waals surface area contributed by atoms with Gasteiger partial charge in [-0.25, -0.2) is 0 Å². The Kier molecular flexibility index (Phi) is 7.93. The number of hydrogen-bond donors (Lipinski definition) is 3. The molecule has 30 heavy (non-hydrogen) atoms. The van der Waals surface area contributed by atoms with Gasteiger partial charge in [0.15, 0.2) is 0 Å². The van der Waals surface area contributed by atoms with Crippen LogP contribution in [0.15, 0.2) is 18.2 Å². The third kappa shape index (κ3) is 5.79. The first-order valence-corrected chi connectivity index (χ1v) is 9.86. The molecule has 0 bridgehead atoms. The number of halogens is 1. The predicted molar refractivity (Wildman–Crippen MR) is 108 cm³/mol. The normalized spacial score (nSPS) is 17.7. The molecule has 0 unspecified atom stereocenters. The minimum Gasteiger partial charge on any atom is -0.481 e. The molecule has 1 aliphatic rings. The molecule has 2 rings (SSSR count). The summed E-state index contributed by atoms with van der Waals surface area (Å²) in [5, 5.41) is 14.2. The first-order chi connectivity index (χ1) is 14.1. The lowest BCUT2D eigenvalue weighted by Crippen LogP contribution is -2.54. The van der Waals surface area contributed by atoms with Crippen LogP contribution in [0.2, 0.25) is 5.02 Å². The van der Waals surface area contributed by atoms with Crippen LogP contribution in [0.5, 0.6) is 0 Å². The SMILES string of the molecule is Cc1ccc(Cl)cc1C(=O)N[C@@H](C)C(=O)N1CCC[C@H]1C(=O)N[C@H](C=O)CC(=O)O. The molecule has 1 aromatic rings.